The van der Waals surface area contributed by atoms with Crippen LogP contribution in [0.1, 0.15) is 11.3 Å². The molecular weight excluding hydrogens is 212 g/mol. The van der Waals surface area contributed by atoms with E-state index in [2.05, 4.69) is 10.2 Å². The Morgan fingerprint density at radius 2 is 2.12 bits per heavy atom. The molecule has 0 aliphatic heterocycles. The zero-order valence-corrected chi connectivity index (χ0v) is 8.72. The first-order valence-corrected chi connectivity index (χ1v) is 4.83. The number of hydrogen-bond donors (Lipinski definition) is 2. The first kappa shape index (κ1) is 10.8. The fraction of sp³-hybridized carbons (Fsp3) is 0.182. The van der Waals surface area contributed by atoms with E-state index in [1.54, 1.807) is 6.92 Å². The van der Waals surface area contributed by atoms with Gasteiger partial charge in [0.1, 0.15) is 11.6 Å². The molecule has 0 saturated heterocycles. The highest BCUT2D eigenvalue weighted by Gasteiger charge is 2.15. The molecule has 2 rings (SSSR count). The standard InChI is InChI=1S/C11H11F2N3/c1-6-9(5-14)11(16-15-6)8-4-7(12)2-3-10(8)13/h2-4H,5,14H2,1H3,(H,15,16). The summed E-state index contributed by atoms with van der Waals surface area (Å²) in [5.41, 5.74) is 7.51. The van der Waals surface area contributed by atoms with Crippen molar-refractivity contribution in [3.63, 3.8) is 0 Å². The molecule has 2 aromatic rings. The van der Waals surface area contributed by atoms with Crippen molar-refractivity contribution in [1.82, 2.24) is 10.2 Å². The van der Waals surface area contributed by atoms with E-state index in [4.69, 9.17) is 5.73 Å². The van der Waals surface area contributed by atoms with Crippen molar-refractivity contribution in [2.24, 2.45) is 5.73 Å². The second kappa shape index (κ2) is 4.02. The van der Waals surface area contributed by atoms with Crippen LogP contribution in [-0.2, 0) is 6.54 Å². The number of nitrogens with two attached hydrogens (primary N) is 1. The number of aromatic amines is 1. The Morgan fingerprint density at radius 3 is 2.81 bits per heavy atom. The minimum Gasteiger partial charge on any atom is -0.326 e. The molecule has 16 heavy (non-hydrogen) atoms. The molecule has 1 aromatic carbocycles. The fourth-order valence-corrected chi connectivity index (χ4v) is 1.60. The van der Waals surface area contributed by atoms with Crippen molar-refractivity contribution in [1.29, 1.82) is 0 Å². The van der Waals surface area contributed by atoms with Crippen molar-refractivity contribution in [3.8, 4) is 11.3 Å². The van der Waals surface area contributed by atoms with Crippen LogP contribution < -0.4 is 5.73 Å². The summed E-state index contributed by atoms with van der Waals surface area (Å²) in [6.45, 7) is 2.02. The molecule has 0 fully saturated rings. The molecular formula is C11H11F2N3. The molecule has 0 bridgehead atoms. The van der Waals surface area contributed by atoms with Crippen LogP contribution in [0.15, 0.2) is 18.2 Å². The molecule has 0 aliphatic rings. The lowest BCUT2D eigenvalue weighted by molar-refractivity contribution is 0.602. The highest BCUT2D eigenvalue weighted by Crippen LogP contribution is 2.26. The van der Waals surface area contributed by atoms with Crippen LogP contribution in [0.25, 0.3) is 11.3 Å². The number of nitrogens with zero attached hydrogens (tertiary/aromatic N) is 1. The van der Waals surface area contributed by atoms with Gasteiger partial charge in [0, 0.05) is 23.4 Å². The summed E-state index contributed by atoms with van der Waals surface area (Å²) in [6, 6.07) is 3.26. The Kier molecular flexibility index (Phi) is 2.70. The van der Waals surface area contributed by atoms with E-state index in [0.717, 1.165) is 23.9 Å². The van der Waals surface area contributed by atoms with Crippen molar-refractivity contribution >= 4 is 0 Å². The quantitative estimate of drug-likeness (QED) is 0.819. The first-order valence-electron chi connectivity index (χ1n) is 4.83. The van der Waals surface area contributed by atoms with E-state index in [1.165, 1.54) is 0 Å². The Hall–Kier alpha value is -1.75. The van der Waals surface area contributed by atoms with Gasteiger partial charge in [-0.05, 0) is 25.1 Å². The number of aromatic nitrogens is 2. The highest BCUT2D eigenvalue weighted by molar-refractivity contribution is 5.64. The van der Waals surface area contributed by atoms with Gasteiger partial charge in [-0.25, -0.2) is 8.78 Å². The lowest BCUT2D eigenvalue weighted by Crippen LogP contribution is -2.00. The third-order valence-corrected chi connectivity index (χ3v) is 2.46. The van der Waals surface area contributed by atoms with Crippen molar-refractivity contribution < 1.29 is 8.78 Å². The van der Waals surface area contributed by atoms with Gasteiger partial charge in [0.05, 0.1) is 5.69 Å². The van der Waals surface area contributed by atoms with Crippen LogP contribution in [0.4, 0.5) is 8.78 Å². The van der Waals surface area contributed by atoms with Crippen molar-refractivity contribution in [2.75, 3.05) is 0 Å². The third kappa shape index (κ3) is 1.69. The maximum atomic E-state index is 13.5. The molecule has 84 valence electrons. The van der Waals surface area contributed by atoms with Gasteiger partial charge in [0.15, 0.2) is 0 Å². The van der Waals surface area contributed by atoms with E-state index in [0.29, 0.717) is 11.3 Å². The minimum absolute atomic E-state index is 0.129. The number of hydrogen-bond acceptors (Lipinski definition) is 2. The van der Waals surface area contributed by atoms with Crippen LogP contribution in [-0.4, -0.2) is 10.2 Å². The Bertz CT molecular complexity index is 520. The summed E-state index contributed by atoms with van der Waals surface area (Å²) in [6.07, 6.45) is 0. The number of benzene rings is 1. The van der Waals surface area contributed by atoms with Gasteiger partial charge in [0.2, 0.25) is 0 Å². The van der Waals surface area contributed by atoms with Crippen LogP contribution in [0.3, 0.4) is 0 Å². The Balaban J connectivity index is 2.62. The van der Waals surface area contributed by atoms with E-state index >= 15 is 0 Å². The van der Waals surface area contributed by atoms with Crippen molar-refractivity contribution in [2.45, 2.75) is 13.5 Å². The van der Waals surface area contributed by atoms with Gasteiger partial charge < -0.3 is 5.73 Å². The molecule has 5 heteroatoms. The van der Waals surface area contributed by atoms with E-state index in [9.17, 15) is 8.78 Å². The smallest absolute Gasteiger partial charge is 0.132 e. The van der Waals surface area contributed by atoms with Gasteiger partial charge in [0.25, 0.3) is 0 Å². The van der Waals surface area contributed by atoms with E-state index < -0.39 is 11.6 Å². The summed E-state index contributed by atoms with van der Waals surface area (Å²) in [7, 11) is 0. The molecule has 3 N–H and O–H groups in total. The molecule has 0 aliphatic carbocycles. The molecule has 1 heterocycles. The lowest BCUT2D eigenvalue weighted by Gasteiger charge is -2.02. The average Bonchev–Trinajstić information content (AvgIpc) is 2.63. The maximum Gasteiger partial charge on any atom is 0.132 e. The van der Waals surface area contributed by atoms with E-state index in [-0.39, 0.29) is 12.1 Å². The van der Waals surface area contributed by atoms with Crippen molar-refractivity contribution in [3.05, 3.63) is 41.1 Å². The average molecular weight is 223 g/mol. The van der Waals surface area contributed by atoms with Gasteiger partial charge in [-0.1, -0.05) is 0 Å². The lowest BCUT2D eigenvalue weighted by atomic mass is 10.1. The maximum absolute atomic E-state index is 13.5. The monoisotopic (exact) mass is 223 g/mol. The molecule has 0 saturated carbocycles. The summed E-state index contributed by atoms with van der Waals surface area (Å²) in [5, 5.41) is 6.66. The predicted molar refractivity (Wildman–Crippen MR) is 56.6 cm³/mol. The Labute approximate surface area is 91.3 Å². The Morgan fingerprint density at radius 1 is 1.38 bits per heavy atom. The van der Waals surface area contributed by atoms with Gasteiger partial charge in [-0.15, -0.1) is 0 Å². The number of halogens is 2. The minimum atomic E-state index is -0.511. The number of rotatable bonds is 2. The molecule has 0 spiro atoms. The number of aryl methyl sites for hydroxylation is 1. The molecule has 0 amide bonds. The fourth-order valence-electron chi connectivity index (χ4n) is 1.60. The summed E-state index contributed by atoms with van der Waals surface area (Å²) >= 11 is 0. The van der Waals surface area contributed by atoms with Crippen LogP contribution >= 0.6 is 0 Å². The summed E-state index contributed by atoms with van der Waals surface area (Å²) < 4.78 is 26.6. The summed E-state index contributed by atoms with van der Waals surface area (Å²) in [4.78, 5) is 0. The van der Waals surface area contributed by atoms with E-state index in [1.807, 2.05) is 0 Å². The van der Waals surface area contributed by atoms with Gasteiger partial charge in [-0.3, -0.25) is 5.10 Å². The second-order valence-corrected chi connectivity index (χ2v) is 3.50. The van der Waals surface area contributed by atoms with Gasteiger partial charge in [-0.2, -0.15) is 5.10 Å². The molecule has 3 nitrogen and oxygen atoms in total. The highest BCUT2D eigenvalue weighted by atomic mass is 19.1. The summed E-state index contributed by atoms with van der Waals surface area (Å²) in [5.74, 6) is -1.01. The molecule has 0 unspecified atom stereocenters. The molecule has 0 radical (unpaired) electrons. The zero-order chi connectivity index (χ0) is 11.7. The van der Waals surface area contributed by atoms with Gasteiger partial charge >= 0.3 is 0 Å². The van der Waals surface area contributed by atoms with Crippen LogP contribution in [0.2, 0.25) is 0 Å². The normalized spacial score (nSPS) is 10.8. The SMILES string of the molecule is Cc1[nH]nc(-c2cc(F)ccc2F)c1CN. The largest absolute Gasteiger partial charge is 0.326 e. The zero-order valence-electron chi connectivity index (χ0n) is 8.72. The topological polar surface area (TPSA) is 54.7 Å². The van der Waals surface area contributed by atoms with Crippen LogP contribution in [0, 0.1) is 18.6 Å². The first-order chi connectivity index (χ1) is 7.63. The van der Waals surface area contributed by atoms with Crippen LogP contribution in [0.5, 0.6) is 0 Å². The predicted octanol–water partition coefficient (Wildman–Crippen LogP) is 2.12. The second-order valence-electron chi connectivity index (χ2n) is 3.50. The molecule has 0 atom stereocenters. The number of H-pyrrole nitrogens is 1. The third-order valence-electron chi connectivity index (χ3n) is 2.46. The molecule has 1 aromatic heterocycles. The number of nitrogens with one attached hydrogen (secondary N) is 1.